The van der Waals surface area contributed by atoms with Crippen molar-refractivity contribution in [2.24, 2.45) is 0 Å². The number of hydrogen-bond donors (Lipinski definition) is 0. The van der Waals surface area contributed by atoms with Gasteiger partial charge in [-0.05, 0) is 38.8 Å². The summed E-state index contributed by atoms with van der Waals surface area (Å²) in [6.45, 7) is 10.7. The van der Waals surface area contributed by atoms with E-state index in [2.05, 4.69) is 51.1 Å². The quantitative estimate of drug-likeness (QED) is 0.319. The predicted octanol–water partition coefficient (Wildman–Crippen LogP) is 6.17. The van der Waals surface area contributed by atoms with E-state index in [1.54, 1.807) is 0 Å². The molecule has 0 atom stereocenters. The molecule has 0 saturated carbocycles. The zero-order chi connectivity index (χ0) is 15.4. The van der Waals surface area contributed by atoms with Crippen molar-refractivity contribution < 1.29 is 0 Å². The smallest absolute Gasteiger partial charge is 0.132 e. The highest BCUT2D eigenvalue weighted by Gasteiger charge is 2.25. The van der Waals surface area contributed by atoms with Gasteiger partial charge in [0, 0.05) is 0 Å². The lowest BCUT2D eigenvalue weighted by Gasteiger charge is -2.36. The van der Waals surface area contributed by atoms with Crippen molar-refractivity contribution in [1.82, 2.24) is 4.48 Å². The van der Waals surface area contributed by atoms with Gasteiger partial charge in [0.05, 0.1) is 19.6 Å². The van der Waals surface area contributed by atoms with Crippen LogP contribution in [0.4, 0.5) is 5.69 Å². The molecule has 0 aliphatic rings. The maximum absolute atomic E-state index is 2.33. The number of nitrogens with zero attached hydrogens (tertiary/aromatic N) is 1. The van der Waals surface area contributed by atoms with Crippen molar-refractivity contribution in [2.45, 2.75) is 72.1 Å². The van der Waals surface area contributed by atoms with Crippen molar-refractivity contribution in [2.75, 3.05) is 19.6 Å². The van der Waals surface area contributed by atoms with Crippen molar-refractivity contribution in [3.8, 4) is 0 Å². The Bertz CT molecular complexity index is 340. The van der Waals surface area contributed by atoms with Gasteiger partial charge in [-0.3, -0.25) is 4.48 Å². The highest BCUT2D eigenvalue weighted by Crippen LogP contribution is 2.23. The number of quaternary nitrogens is 1. The lowest BCUT2D eigenvalue weighted by molar-refractivity contribution is 0.291. The lowest BCUT2D eigenvalue weighted by Crippen LogP contribution is -2.49. The van der Waals surface area contributed by atoms with E-state index in [0.29, 0.717) is 0 Å². The number of para-hydroxylation sites is 1. The molecular formula is C20H36N+. The van der Waals surface area contributed by atoms with Gasteiger partial charge in [-0.15, -0.1) is 0 Å². The van der Waals surface area contributed by atoms with E-state index in [1.807, 2.05) is 0 Å². The van der Waals surface area contributed by atoms with Crippen molar-refractivity contribution >= 4 is 5.69 Å². The number of benzene rings is 1. The fourth-order valence-electron chi connectivity index (χ4n) is 3.33. The van der Waals surface area contributed by atoms with Crippen LogP contribution in [0.5, 0.6) is 0 Å². The maximum Gasteiger partial charge on any atom is 0.132 e. The molecule has 1 aromatic carbocycles. The zero-order valence-electron chi connectivity index (χ0n) is 14.6. The number of hydrogen-bond acceptors (Lipinski definition) is 0. The molecule has 0 spiro atoms. The molecule has 120 valence electrons. The van der Waals surface area contributed by atoms with Crippen LogP contribution in [-0.4, -0.2) is 19.6 Å². The second kappa shape index (κ2) is 10.8. The third-order valence-corrected chi connectivity index (χ3v) is 4.95. The first kappa shape index (κ1) is 18.2. The first-order chi connectivity index (χ1) is 10.3. The SMILES string of the molecule is CCCCCCCCCC[N+](CC)(CC)c1ccccc1. The van der Waals surface area contributed by atoms with Crippen LogP contribution in [-0.2, 0) is 0 Å². The molecule has 0 aromatic heterocycles. The van der Waals surface area contributed by atoms with E-state index >= 15 is 0 Å². The van der Waals surface area contributed by atoms with Crippen molar-refractivity contribution in [3.63, 3.8) is 0 Å². The topological polar surface area (TPSA) is 0 Å². The fraction of sp³-hybridized carbons (Fsp3) is 0.700. The van der Waals surface area contributed by atoms with Gasteiger partial charge in [-0.1, -0.05) is 63.6 Å². The van der Waals surface area contributed by atoms with Crippen LogP contribution in [0.2, 0.25) is 0 Å². The van der Waals surface area contributed by atoms with E-state index in [0.717, 1.165) is 4.48 Å². The summed E-state index contributed by atoms with van der Waals surface area (Å²) in [5.41, 5.74) is 1.49. The van der Waals surface area contributed by atoms with Crippen LogP contribution in [0.25, 0.3) is 0 Å². The Morgan fingerprint density at radius 2 is 1.19 bits per heavy atom. The van der Waals surface area contributed by atoms with Crippen LogP contribution in [0.1, 0.15) is 72.1 Å². The summed E-state index contributed by atoms with van der Waals surface area (Å²) in [5.74, 6) is 0. The minimum atomic E-state index is 1.15. The predicted molar refractivity (Wildman–Crippen MR) is 96.8 cm³/mol. The van der Waals surface area contributed by atoms with Gasteiger partial charge < -0.3 is 0 Å². The lowest BCUT2D eigenvalue weighted by atomic mass is 10.1. The van der Waals surface area contributed by atoms with Gasteiger partial charge in [-0.2, -0.15) is 0 Å². The molecule has 0 radical (unpaired) electrons. The van der Waals surface area contributed by atoms with Gasteiger partial charge in [0.25, 0.3) is 0 Å². The summed E-state index contributed by atoms with van der Waals surface area (Å²) in [6, 6.07) is 11.1. The van der Waals surface area contributed by atoms with E-state index in [4.69, 9.17) is 0 Å². The van der Waals surface area contributed by atoms with Crippen LogP contribution >= 0.6 is 0 Å². The third-order valence-electron chi connectivity index (χ3n) is 4.95. The Morgan fingerprint density at radius 3 is 1.71 bits per heavy atom. The standard InChI is InChI=1S/C20H36N/c1-4-7-8-9-10-11-12-16-19-21(5-2,6-3)20-17-14-13-15-18-20/h13-15,17-18H,4-12,16,19H2,1-3H3/q+1. The molecular weight excluding hydrogens is 254 g/mol. The highest BCUT2D eigenvalue weighted by molar-refractivity contribution is 5.42. The molecule has 1 aromatic rings. The summed E-state index contributed by atoms with van der Waals surface area (Å²) in [6.07, 6.45) is 11.3. The largest absolute Gasteiger partial charge is 0.292 e. The minimum Gasteiger partial charge on any atom is -0.292 e. The van der Waals surface area contributed by atoms with Crippen LogP contribution in [0.3, 0.4) is 0 Å². The zero-order valence-corrected chi connectivity index (χ0v) is 14.6. The molecule has 0 heterocycles. The van der Waals surface area contributed by atoms with Crippen LogP contribution < -0.4 is 4.48 Å². The molecule has 0 aliphatic heterocycles. The Hall–Kier alpha value is -0.820. The van der Waals surface area contributed by atoms with Crippen LogP contribution in [0, 0.1) is 0 Å². The summed E-state index contributed by atoms with van der Waals surface area (Å²) < 4.78 is 1.15. The molecule has 21 heavy (non-hydrogen) atoms. The van der Waals surface area contributed by atoms with Gasteiger partial charge in [0.15, 0.2) is 0 Å². The van der Waals surface area contributed by atoms with Crippen molar-refractivity contribution in [1.29, 1.82) is 0 Å². The van der Waals surface area contributed by atoms with E-state index in [9.17, 15) is 0 Å². The Balaban J connectivity index is 2.32. The fourth-order valence-corrected chi connectivity index (χ4v) is 3.33. The molecule has 0 saturated heterocycles. The monoisotopic (exact) mass is 290 g/mol. The third kappa shape index (κ3) is 6.22. The first-order valence-electron chi connectivity index (χ1n) is 9.20. The van der Waals surface area contributed by atoms with Crippen LogP contribution in [0.15, 0.2) is 30.3 Å². The van der Waals surface area contributed by atoms with Gasteiger partial charge >= 0.3 is 0 Å². The molecule has 1 nitrogen and oxygen atoms in total. The molecule has 1 rings (SSSR count). The number of rotatable bonds is 12. The number of unbranched alkanes of at least 4 members (excludes halogenated alkanes) is 7. The van der Waals surface area contributed by atoms with E-state index in [-0.39, 0.29) is 0 Å². The van der Waals surface area contributed by atoms with Gasteiger partial charge in [-0.25, -0.2) is 0 Å². The van der Waals surface area contributed by atoms with E-state index in [1.165, 1.54) is 76.7 Å². The molecule has 0 fully saturated rings. The highest BCUT2D eigenvalue weighted by atomic mass is 15.3. The molecule has 0 amide bonds. The summed E-state index contributed by atoms with van der Waals surface area (Å²) in [5, 5.41) is 0. The normalized spacial score (nSPS) is 11.8. The molecule has 0 aliphatic carbocycles. The molecule has 0 bridgehead atoms. The average molecular weight is 291 g/mol. The summed E-state index contributed by atoms with van der Waals surface area (Å²) >= 11 is 0. The Labute approximate surface area is 133 Å². The molecule has 1 heteroatoms. The second-order valence-corrected chi connectivity index (χ2v) is 6.31. The van der Waals surface area contributed by atoms with E-state index < -0.39 is 0 Å². The average Bonchev–Trinajstić information content (AvgIpc) is 2.55. The Kier molecular flexibility index (Phi) is 9.41. The van der Waals surface area contributed by atoms with Crippen molar-refractivity contribution in [3.05, 3.63) is 30.3 Å². The molecule has 0 N–H and O–H groups in total. The second-order valence-electron chi connectivity index (χ2n) is 6.31. The summed E-state index contributed by atoms with van der Waals surface area (Å²) in [4.78, 5) is 0. The minimum absolute atomic E-state index is 1.15. The summed E-state index contributed by atoms with van der Waals surface area (Å²) in [7, 11) is 0. The van der Waals surface area contributed by atoms with Gasteiger partial charge in [0.1, 0.15) is 5.69 Å². The first-order valence-corrected chi connectivity index (χ1v) is 9.20. The van der Waals surface area contributed by atoms with Gasteiger partial charge in [0.2, 0.25) is 0 Å². The Morgan fingerprint density at radius 1 is 0.667 bits per heavy atom. The maximum atomic E-state index is 2.33. The molecule has 0 unspecified atom stereocenters.